The summed E-state index contributed by atoms with van der Waals surface area (Å²) in [7, 11) is -0.846. The molecule has 0 amide bonds. The largest absolute Gasteiger partial charge is 0.329 e. The van der Waals surface area contributed by atoms with Gasteiger partial charge >= 0.3 is 0 Å². The van der Waals surface area contributed by atoms with Gasteiger partial charge in [-0.05, 0) is 38.6 Å². The van der Waals surface area contributed by atoms with Crippen molar-refractivity contribution in [2.75, 3.05) is 31.6 Å². The molecule has 0 aromatic rings. The van der Waals surface area contributed by atoms with Crippen LogP contribution in [0.4, 0.5) is 0 Å². The Kier molecular flexibility index (Phi) is 3.80. The molecule has 2 N–H and O–H groups in total. The second kappa shape index (κ2) is 4.86. The number of nitrogens with two attached hydrogens (primary N) is 1. The van der Waals surface area contributed by atoms with Crippen LogP contribution in [0.3, 0.4) is 0 Å². The van der Waals surface area contributed by atoms with Gasteiger partial charge in [0.25, 0.3) is 0 Å². The van der Waals surface area contributed by atoms with Crippen LogP contribution in [0.5, 0.6) is 0 Å². The molecule has 1 heterocycles. The van der Waals surface area contributed by atoms with Gasteiger partial charge in [0.2, 0.25) is 0 Å². The van der Waals surface area contributed by atoms with Crippen molar-refractivity contribution in [1.29, 1.82) is 0 Å². The normalized spacial score (nSPS) is 33.6. The quantitative estimate of drug-likeness (QED) is 0.805. The summed E-state index contributed by atoms with van der Waals surface area (Å²) in [6.07, 6.45) is 5.59. The lowest BCUT2D eigenvalue weighted by Gasteiger charge is -2.45. The van der Waals surface area contributed by atoms with E-state index in [9.17, 15) is 8.42 Å². The minimum absolute atomic E-state index is 0.250. The van der Waals surface area contributed by atoms with E-state index >= 15 is 0 Å². The van der Waals surface area contributed by atoms with Crippen LogP contribution in [0.1, 0.15) is 32.1 Å². The zero-order valence-corrected chi connectivity index (χ0v) is 11.5. The summed E-state index contributed by atoms with van der Waals surface area (Å²) in [5.74, 6) is 1.35. The van der Waals surface area contributed by atoms with Crippen molar-refractivity contribution in [3.8, 4) is 0 Å². The number of rotatable bonds is 4. The third-order valence-electron chi connectivity index (χ3n) is 4.53. The molecule has 1 unspecified atom stereocenters. The first kappa shape index (κ1) is 13.3. The van der Waals surface area contributed by atoms with Crippen molar-refractivity contribution in [3.05, 3.63) is 0 Å². The minimum Gasteiger partial charge on any atom is -0.329 e. The molecule has 0 aromatic heterocycles. The number of hydrogen-bond acceptors (Lipinski definition) is 4. The van der Waals surface area contributed by atoms with Gasteiger partial charge < -0.3 is 5.73 Å². The fourth-order valence-electron chi connectivity index (χ4n) is 3.05. The fraction of sp³-hybridized carbons (Fsp3) is 1.00. The minimum atomic E-state index is -2.89. The van der Waals surface area contributed by atoms with Gasteiger partial charge in [-0.15, -0.1) is 0 Å². The van der Waals surface area contributed by atoms with Crippen molar-refractivity contribution in [2.24, 2.45) is 11.7 Å². The third-order valence-corrected chi connectivity index (χ3v) is 6.42. The molecule has 1 saturated carbocycles. The molecule has 0 spiro atoms. The molecule has 2 aliphatic rings. The van der Waals surface area contributed by atoms with E-state index in [1.807, 2.05) is 7.05 Å². The Labute approximate surface area is 104 Å². The molecule has 1 aliphatic heterocycles. The zero-order valence-electron chi connectivity index (χ0n) is 10.7. The summed E-state index contributed by atoms with van der Waals surface area (Å²) in [6, 6.07) is 0. The second-order valence-corrected chi connectivity index (χ2v) is 7.99. The number of sulfone groups is 1. The van der Waals surface area contributed by atoms with E-state index in [1.54, 1.807) is 0 Å². The lowest BCUT2D eigenvalue weighted by Crippen LogP contribution is -2.60. The Morgan fingerprint density at radius 3 is 2.53 bits per heavy atom. The van der Waals surface area contributed by atoms with Crippen molar-refractivity contribution >= 4 is 9.84 Å². The van der Waals surface area contributed by atoms with Crippen LogP contribution in [-0.4, -0.2) is 50.5 Å². The van der Waals surface area contributed by atoms with Gasteiger partial charge in [-0.3, -0.25) is 4.90 Å². The summed E-state index contributed by atoms with van der Waals surface area (Å²) in [6.45, 7) is 1.46. The second-order valence-electron chi connectivity index (χ2n) is 5.80. The molecule has 5 heteroatoms. The van der Waals surface area contributed by atoms with Gasteiger partial charge in [0, 0.05) is 18.6 Å². The van der Waals surface area contributed by atoms with Gasteiger partial charge in [-0.25, -0.2) is 8.42 Å². The Bertz CT molecular complexity index is 365. The number of likely N-dealkylation sites (N-methyl/N-ethyl adjacent to an activating group) is 1. The maximum atomic E-state index is 11.8. The van der Waals surface area contributed by atoms with E-state index in [2.05, 4.69) is 4.90 Å². The van der Waals surface area contributed by atoms with Gasteiger partial charge in [-0.2, -0.15) is 0 Å². The average molecular weight is 260 g/mol. The smallest absolute Gasteiger partial charge is 0.152 e. The molecule has 1 atom stereocenters. The monoisotopic (exact) mass is 260 g/mol. The summed E-state index contributed by atoms with van der Waals surface area (Å²) >= 11 is 0. The van der Waals surface area contributed by atoms with Gasteiger partial charge in [0.15, 0.2) is 9.84 Å². The molecule has 17 heavy (non-hydrogen) atoms. The highest BCUT2D eigenvalue weighted by atomic mass is 32.2. The van der Waals surface area contributed by atoms with Gasteiger partial charge in [0.05, 0.1) is 11.5 Å². The van der Waals surface area contributed by atoms with E-state index in [1.165, 1.54) is 19.3 Å². The highest BCUT2D eigenvalue weighted by Gasteiger charge is 2.41. The maximum Gasteiger partial charge on any atom is 0.152 e. The van der Waals surface area contributed by atoms with Crippen molar-refractivity contribution in [3.63, 3.8) is 0 Å². The van der Waals surface area contributed by atoms with Crippen molar-refractivity contribution in [2.45, 2.75) is 37.6 Å². The van der Waals surface area contributed by atoms with Gasteiger partial charge in [-0.1, -0.05) is 6.42 Å². The predicted octanol–water partition coefficient (Wildman–Crippen LogP) is 0.624. The van der Waals surface area contributed by atoms with Crippen LogP contribution in [0.2, 0.25) is 0 Å². The van der Waals surface area contributed by atoms with Crippen LogP contribution >= 0.6 is 0 Å². The number of hydrogen-bond donors (Lipinski definition) is 1. The molecule has 1 saturated heterocycles. The standard InChI is InChI=1S/C12H24N2O2S/c1-14(8-11-4-2-5-11)12(9-13)6-3-7-17(15,16)10-12/h11H,2-10,13H2,1H3. The third kappa shape index (κ3) is 2.83. The Balaban J connectivity index is 2.06. The molecule has 100 valence electrons. The first-order chi connectivity index (χ1) is 7.97. The van der Waals surface area contributed by atoms with Crippen molar-refractivity contribution < 1.29 is 8.42 Å². The SMILES string of the molecule is CN(CC1CCC1)C1(CN)CCCS(=O)(=O)C1. The molecule has 2 rings (SSSR count). The first-order valence-electron chi connectivity index (χ1n) is 6.59. The summed E-state index contributed by atoms with van der Waals surface area (Å²) in [5, 5.41) is 0. The molecule has 2 fully saturated rings. The lowest BCUT2D eigenvalue weighted by molar-refractivity contribution is 0.0900. The van der Waals surface area contributed by atoms with Crippen LogP contribution in [0.25, 0.3) is 0 Å². The molecule has 0 bridgehead atoms. The first-order valence-corrected chi connectivity index (χ1v) is 8.41. The highest BCUT2D eigenvalue weighted by Crippen LogP contribution is 2.32. The Morgan fingerprint density at radius 1 is 1.35 bits per heavy atom. The van der Waals surface area contributed by atoms with Crippen molar-refractivity contribution in [1.82, 2.24) is 4.90 Å². The topological polar surface area (TPSA) is 63.4 Å². The molecule has 1 aliphatic carbocycles. The van der Waals surface area contributed by atoms with Crippen LogP contribution in [0.15, 0.2) is 0 Å². The molecule has 0 aromatic carbocycles. The predicted molar refractivity (Wildman–Crippen MR) is 69.6 cm³/mol. The molecule has 4 nitrogen and oxygen atoms in total. The Hall–Kier alpha value is -0.130. The highest BCUT2D eigenvalue weighted by molar-refractivity contribution is 7.91. The summed E-state index contributed by atoms with van der Waals surface area (Å²) < 4.78 is 23.6. The van der Waals surface area contributed by atoms with E-state index in [0.29, 0.717) is 12.3 Å². The summed E-state index contributed by atoms with van der Waals surface area (Å²) in [4.78, 5) is 2.23. The van der Waals surface area contributed by atoms with Crippen LogP contribution < -0.4 is 5.73 Å². The van der Waals surface area contributed by atoms with E-state index < -0.39 is 9.84 Å². The fourth-order valence-corrected chi connectivity index (χ4v) is 5.08. The summed E-state index contributed by atoms with van der Waals surface area (Å²) in [5.41, 5.74) is 5.59. The zero-order chi connectivity index (χ0) is 12.5. The Morgan fingerprint density at radius 2 is 2.06 bits per heavy atom. The van der Waals surface area contributed by atoms with Gasteiger partial charge in [0.1, 0.15) is 0 Å². The van der Waals surface area contributed by atoms with E-state index in [0.717, 1.165) is 25.3 Å². The average Bonchev–Trinajstić information content (AvgIpc) is 2.21. The lowest BCUT2D eigenvalue weighted by atomic mass is 9.83. The van der Waals surface area contributed by atoms with Crippen LogP contribution in [0, 0.1) is 5.92 Å². The number of nitrogens with zero attached hydrogens (tertiary/aromatic N) is 1. The van der Waals surface area contributed by atoms with Crippen LogP contribution in [-0.2, 0) is 9.84 Å². The van der Waals surface area contributed by atoms with E-state index in [-0.39, 0.29) is 11.3 Å². The molecular weight excluding hydrogens is 236 g/mol. The maximum absolute atomic E-state index is 11.8. The molecule has 0 radical (unpaired) electrons. The molecular formula is C12H24N2O2S. The van der Waals surface area contributed by atoms with E-state index in [4.69, 9.17) is 5.73 Å².